The van der Waals surface area contributed by atoms with Gasteiger partial charge in [0.2, 0.25) is 10.0 Å². The van der Waals surface area contributed by atoms with Gasteiger partial charge in [-0.1, -0.05) is 31.2 Å². The third-order valence-corrected chi connectivity index (χ3v) is 7.41. The Bertz CT molecular complexity index is 1190. The van der Waals surface area contributed by atoms with E-state index in [1.807, 2.05) is 55.5 Å². The molecular weight excluding hydrogens is 424 g/mol. The summed E-state index contributed by atoms with van der Waals surface area (Å²) >= 11 is 0. The van der Waals surface area contributed by atoms with Gasteiger partial charge in [0.15, 0.2) is 0 Å². The Morgan fingerprint density at radius 3 is 2.41 bits per heavy atom. The molecule has 0 fully saturated rings. The number of ether oxygens (including phenoxy) is 1. The molecule has 4 rings (SSSR count). The highest BCUT2D eigenvalue weighted by Crippen LogP contribution is 2.26. The van der Waals surface area contributed by atoms with Gasteiger partial charge >= 0.3 is 0 Å². The second-order valence-corrected chi connectivity index (χ2v) is 9.87. The van der Waals surface area contributed by atoms with Crippen molar-refractivity contribution >= 4 is 21.6 Å². The number of benzene rings is 3. The average Bonchev–Trinajstić information content (AvgIpc) is 2.79. The summed E-state index contributed by atoms with van der Waals surface area (Å²) in [5, 5.41) is 2.91. The van der Waals surface area contributed by atoms with E-state index in [1.54, 1.807) is 24.3 Å². The summed E-state index contributed by atoms with van der Waals surface area (Å²) in [5.41, 5.74) is 3.21. The summed E-state index contributed by atoms with van der Waals surface area (Å²) in [6, 6.07) is 22.1. The van der Waals surface area contributed by atoms with Crippen LogP contribution in [0.2, 0.25) is 0 Å². The van der Waals surface area contributed by atoms with Crippen LogP contribution in [0, 0.1) is 0 Å². The molecule has 1 amide bonds. The van der Waals surface area contributed by atoms with Crippen LogP contribution in [0.3, 0.4) is 0 Å². The van der Waals surface area contributed by atoms with Crippen molar-refractivity contribution < 1.29 is 17.9 Å². The highest BCUT2D eigenvalue weighted by molar-refractivity contribution is 7.89. The van der Waals surface area contributed by atoms with Crippen LogP contribution >= 0.6 is 0 Å². The molecule has 0 saturated carbocycles. The first-order valence-corrected chi connectivity index (χ1v) is 12.3. The Balaban J connectivity index is 1.43. The van der Waals surface area contributed by atoms with E-state index in [4.69, 9.17) is 4.74 Å². The molecule has 1 N–H and O–H groups in total. The number of nitrogens with zero attached hydrogens (tertiary/aromatic N) is 1. The van der Waals surface area contributed by atoms with Gasteiger partial charge < -0.3 is 10.1 Å². The van der Waals surface area contributed by atoms with Crippen molar-refractivity contribution in [2.24, 2.45) is 0 Å². The average molecular weight is 451 g/mol. The quantitative estimate of drug-likeness (QED) is 0.559. The van der Waals surface area contributed by atoms with Gasteiger partial charge in [0, 0.05) is 24.3 Å². The Labute approximate surface area is 188 Å². The van der Waals surface area contributed by atoms with Gasteiger partial charge in [-0.3, -0.25) is 4.79 Å². The molecule has 0 spiro atoms. The van der Waals surface area contributed by atoms with E-state index in [2.05, 4.69) is 5.32 Å². The van der Waals surface area contributed by atoms with Crippen LogP contribution in [-0.4, -0.2) is 30.9 Å². The van der Waals surface area contributed by atoms with Crippen LogP contribution in [0.25, 0.3) is 0 Å². The number of hydrogen-bond acceptors (Lipinski definition) is 4. The highest BCUT2D eigenvalue weighted by Gasteiger charge is 2.26. The second-order valence-electron chi connectivity index (χ2n) is 7.78. The number of carbonyl (C=O) groups is 1. The molecule has 32 heavy (non-hydrogen) atoms. The van der Waals surface area contributed by atoms with Crippen LogP contribution in [0.5, 0.6) is 11.5 Å². The van der Waals surface area contributed by atoms with Gasteiger partial charge in [0.1, 0.15) is 11.5 Å². The summed E-state index contributed by atoms with van der Waals surface area (Å²) in [5.74, 6) is 1.30. The van der Waals surface area contributed by atoms with Crippen LogP contribution in [0.15, 0.2) is 72.8 Å². The van der Waals surface area contributed by atoms with Crippen molar-refractivity contribution in [3.63, 3.8) is 0 Å². The van der Waals surface area contributed by atoms with Crippen LogP contribution < -0.4 is 10.1 Å². The third kappa shape index (κ3) is 5.18. The molecule has 1 aliphatic rings. The summed E-state index contributed by atoms with van der Waals surface area (Å²) in [6.07, 6.45) is 1.27. The molecule has 3 aromatic carbocycles. The molecular formula is C25H26N2O4S. The highest BCUT2D eigenvalue weighted by atomic mass is 32.2. The smallest absolute Gasteiger partial charge is 0.255 e. The minimum atomic E-state index is -3.25. The largest absolute Gasteiger partial charge is 0.457 e. The van der Waals surface area contributed by atoms with E-state index >= 15 is 0 Å². The molecule has 1 aliphatic heterocycles. The molecule has 0 atom stereocenters. The first-order chi connectivity index (χ1) is 15.4. The number of rotatable bonds is 7. The number of carbonyl (C=O) groups excluding carboxylic acids is 1. The van der Waals surface area contributed by atoms with Crippen molar-refractivity contribution in [3.8, 4) is 11.5 Å². The molecule has 7 heteroatoms. The lowest BCUT2D eigenvalue weighted by Gasteiger charge is -2.28. The Hall–Kier alpha value is -3.16. The lowest BCUT2D eigenvalue weighted by molar-refractivity contribution is 0.102. The fraction of sp³-hybridized carbons (Fsp3) is 0.240. The minimum absolute atomic E-state index is 0.155. The number of nitrogens with one attached hydrogen (secondary N) is 1. The molecule has 0 saturated heterocycles. The molecule has 3 aromatic rings. The topological polar surface area (TPSA) is 75.7 Å². The van der Waals surface area contributed by atoms with Gasteiger partial charge in [-0.2, -0.15) is 4.31 Å². The zero-order valence-electron chi connectivity index (χ0n) is 18.0. The zero-order valence-corrected chi connectivity index (χ0v) is 18.8. The van der Waals surface area contributed by atoms with Crippen LogP contribution in [0.4, 0.5) is 5.69 Å². The molecule has 6 nitrogen and oxygen atoms in total. The Morgan fingerprint density at radius 2 is 1.69 bits per heavy atom. The van der Waals surface area contributed by atoms with Crippen molar-refractivity contribution in [2.45, 2.75) is 26.3 Å². The Morgan fingerprint density at radius 1 is 0.969 bits per heavy atom. The Kier molecular flexibility index (Phi) is 6.58. The predicted octanol–water partition coefficient (Wildman–Crippen LogP) is 4.83. The monoisotopic (exact) mass is 450 g/mol. The van der Waals surface area contributed by atoms with Gasteiger partial charge in [0.05, 0.1) is 5.75 Å². The summed E-state index contributed by atoms with van der Waals surface area (Å²) in [4.78, 5) is 12.7. The number of hydrogen-bond donors (Lipinski definition) is 1. The lowest BCUT2D eigenvalue weighted by atomic mass is 10.0. The maximum atomic E-state index is 12.7. The van der Waals surface area contributed by atoms with E-state index in [-0.39, 0.29) is 11.7 Å². The predicted molar refractivity (Wildman–Crippen MR) is 126 cm³/mol. The van der Waals surface area contributed by atoms with Crippen molar-refractivity contribution in [3.05, 3.63) is 89.5 Å². The van der Waals surface area contributed by atoms with Gasteiger partial charge in [-0.15, -0.1) is 0 Å². The number of anilines is 1. The third-order valence-electron chi connectivity index (χ3n) is 5.39. The van der Waals surface area contributed by atoms with E-state index in [0.717, 1.165) is 16.9 Å². The van der Waals surface area contributed by atoms with Gasteiger partial charge in [-0.25, -0.2) is 8.42 Å². The molecule has 0 aliphatic carbocycles. The lowest BCUT2D eigenvalue weighted by Crippen LogP contribution is -2.37. The maximum absolute atomic E-state index is 12.7. The normalized spacial score (nSPS) is 13.9. The molecule has 1 heterocycles. The fourth-order valence-electron chi connectivity index (χ4n) is 3.74. The second kappa shape index (κ2) is 9.54. The number of amides is 1. The molecule has 0 aromatic heterocycles. The molecule has 0 unspecified atom stereocenters. The number of para-hydroxylation sites is 1. The molecule has 0 bridgehead atoms. The van der Waals surface area contributed by atoms with E-state index in [1.165, 1.54) is 4.31 Å². The van der Waals surface area contributed by atoms with E-state index in [0.29, 0.717) is 42.9 Å². The van der Waals surface area contributed by atoms with Crippen LogP contribution in [-0.2, 0) is 23.0 Å². The summed E-state index contributed by atoms with van der Waals surface area (Å²) in [6.45, 7) is 2.70. The molecule has 0 radical (unpaired) electrons. The zero-order chi connectivity index (χ0) is 22.6. The fourth-order valence-corrected chi connectivity index (χ4v) is 5.22. The summed E-state index contributed by atoms with van der Waals surface area (Å²) in [7, 11) is -3.25. The van der Waals surface area contributed by atoms with Crippen molar-refractivity contribution in [1.82, 2.24) is 4.31 Å². The van der Waals surface area contributed by atoms with Gasteiger partial charge in [-0.05, 0) is 72.5 Å². The van der Waals surface area contributed by atoms with Crippen molar-refractivity contribution in [1.29, 1.82) is 0 Å². The SMILES string of the molecule is CCCS(=O)(=O)N1CCc2ccc(NC(=O)c3ccc(Oc4ccccc4)cc3)cc2C1. The number of sulfonamides is 1. The minimum Gasteiger partial charge on any atom is -0.457 e. The summed E-state index contributed by atoms with van der Waals surface area (Å²) < 4.78 is 32.2. The standard InChI is InChI=1S/C25H26N2O4S/c1-2-16-32(29,30)27-15-14-19-8-11-22(17-21(19)18-27)26-25(28)20-9-12-24(13-10-20)31-23-6-4-3-5-7-23/h3-13,17H,2,14-16,18H2,1H3,(H,26,28). The van der Waals surface area contributed by atoms with Crippen LogP contribution in [0.1, 0.15) is 34.8 Å². The maximum Gasteiger partial charge on any atom is 0.255 e. The van der Waals surface area contributed by atoms with Crippen molar-refractivity contribution in [2.75, 3.05) is 17.6 Å². The van der Waals surface area contributed by atoms with E-state index in [9.17, 15) is 13.2 Å². The number of fused-ring (bicyclic) bond motifs is 1. The molecule has 166 valence electrons. The van der Waals surface area contributed by atoms with Gasteiger partial charge in [0.25, 0.3) is 5.91 Å². The first-order valence-electron chi connectivity index (χ1n) is 10.7. The van der Waals surface area contributed by atoms with E-state index < -0.39 is 10.0 Å². The first kappa shape index (κ1) is 22.0.